The summed E-state index contributed by atoms with van der Waals surface area (Å²) in [4.78, 5) is 3.93. The second kappa shape index (κ2) is 5.04. The minimum Gasteiger partial charge on any atom is -0.489 e. The Labute approximate surface area is 123 Å². The van der Waals surface area contributed by atoms with E-state index < -0.39 is 9.84 Å². The van der Waals surface area contributed by atoms with Gasteiger partial charge in [-0.1, -0.05) is 17.7 Å². The van der Waals surface area contributed by atoms with Crippen molar-refractivity contribution in [3.05, 3.63) is 47.8 Å². The van der Waals surface area contributed by atoms with Gasteiger partial charge < -0.3 is 10.5 Å². The molecule has 0 amide bonds. The highest BCUT2D eigenvalue weighted by Crippen LogP contribution is 2.31. The minimum atomic E-state index is -3.49. The molecule has 1 aromatic heterocycles. The van der Waals surface area contributed by atoms with Crippen LogP contribution in [0.1, 0.15) is 11.1 Å². The zero-order chi connectivity index (χ0) is 15.0. The van der Waals surface area contributed by atoms with E-state index in [4.69, 9.17) is 10.5 Å². The van der Waals surface area contributed by atoms with E-state index in [2.05, 4.69) is 4.98 Å². The molecule has 1 aliphatic heterocycles. The summed E-state index contributed by atoms with van der Waals surface area (Å²) in [5.41, 5.74) is 8.06. The normalized spacial score (nSPS) is 17.3. The fourth-order valence-electron chi connectivity index (χ4n) is 2.55. The van der Waals surface area contributed by atoms with Crippen molar-refractivity contribution in [2.75, 3.05) is 11.5 Å². The van der Waals surface area contributed by atoms with Crippen molar-refractivity contribution in [2.24, 2.45) is 0 Å². The number of rotatable bonds is 3. The number of benzene rings is 1. The second-order valence-electron chi connectivity index (χ2n) is 5.25. The fraction of sp³-hybridized carbons (Fsp3) is 0.267. The van der Waals surface area contributed by atoms with Crippen LogP contribution in [0.2, 0.25) is 0 Å². The topological polar surface area (TPSA) is 82.3 Å². The number of ether oxygens (including phenoxy) is 1. The van der Waals surface area contributed by atoms with Gasteiger partial charge in [0.1, 0.15) is 11.9 Å². The number of anilines is 1. The van der Waals surface area contributed by atoms with Crippen molar-refractivity contribution in [1.29, 1.82) is 0 Å². The van der Waals surface area contributed by atoms with Crippen molar-refractivity contribution in [2.45, 2.75) is 24.3 Å². The van der Waals surface area contributed by atoms with Crippen LogP contribution >= 0.6 is 0 Å². The first-order chi connectivity index (χ1) is 9.95. The Morgan fingerprint density at radius 1 is 1.38 bits per heavy atom. The molecule has 2 N–H and O–H groups in total. The lowest BCUT2D eigenvalue weighted by Crippen LogP contribution is -2.25. The number of aryl methyl sites for hydroxylation is 1. The number of aromatic nitrogens is 1. The Morgan fingerprint density at radius 3 is 2.95 bits per heavy atom. The van der Waals surface area contributed by atoms with Crippen LogP contribution in [-0.2, 0) is 16.3 Å². The molecule has 110 valence electrons. The maximum atomic E-state index is 12.4. The Kier molecular flexibility index (Phi) is 3.33. The van der Waals surface area contributed by atoms with Crippen LogP contribution in [0.4, 0.5) is 5.69 Å². The van der Waals surface area contributed by atoms with E-state index in [9.17, 15) is 8.42 Å². The Morgan fingerprint density at radius 2 is 2.19 bits per heavy atom. The molecule has 2 aromatic rings. The summed E-state index contributed by atoms with van der Waals surface area (Å²) in [7, 11) is -3.49. The van der Waals surface area contributed by atoms with Crippen LogP contribution in [0.25, 0.3) is 0 Å². The lowest BCUT2D eigenvalue weighted by molar-refractivity contribution is 0.256. The van der Waals surface area contributed by atoms with Gasteiger partial charge in [0.2, 0.25) is 0 Å². The molecular formula is C15H16N2O3S. The second-order valence-corrected chi connectivity index (χ2v) is 7.25. The molecule has 1 unspecified atom stereocenters. The van der Waals surface area contributed by atoms with E-state index >= 15 is 0 Å². The molecule has 2 heterocycles. The van der Waals surface area contributed by atoms with Gasteiger partial charge in [0.25, 0.3) is 0 Å². The van der Waals surface area contributed by atoms with E-state index in [1.165, 1.54) is 18.5 Å². The third kappa shape index (κ3) is 2.71. The first-order valence-corrected chi connectivity index (χ1v) is 8.29. The van der Waals surface area contributed by atoms with Crippen LogP contribution in [-0.4, -0.2) is 25.3 Å². The van der Waals surface area contributed by atoms with Gasteiger partial charge in [-0.05, 0) is 24.6 Å². The maximum Gasteiger partial charge on any atom is 0.184 e. The van der Waals surface area contributed by atoms with Crippen LogP contribution in [0, 0.1) is 6.92 Å². The highest BCUT2D eigenvalue weighted by molar-refractivity contribution is 7.91. The van der Waals surface area contributed by atoms with Gasteiger partial charge in [-0.15, -0.1) is 0 Å². The maximum absolute atomic E-state index is 12.4. The highest BCUT2D eigenvalue weighted by atomic mass is 32.2. The molecule has 0 saturated heterocycles. The largest absolute Gasteiger partial charge is 0.489 e. The Bertz CT molecular complexity index is 787. The van der Waals surface area contributed by atoms with Gasteiger partial charge in [0, 0.05) is 12.6 Å². The zero-order valence-electron chi connectivity index (χ0n) is 11.6. The summed E-state index contributed by atoms with van der Waals surface area (Å²) >= 11 is 0. The number of nitrogens with zero attached hydrogens (tertiary/aromatic N) is 1. The molecular weight excluding hydrogens is 288 g/mol. The average molecular weight is 304 g/mol. The van der Waals surface area contributed by atoms with Gasteiger partial charge in [0.05, 0.1) is 22.5 Å². The summed E-state index contributed by atoms with van der Waals surface area (Å²) < 4.78 is 30.6. The third-order valence-electron chi connectivity index (χ3n) is 3.51. The molecule has 1 atom stereocenters. The molecule has 0 radical (unpaired) electrons. The molecule has 21 heavy (non-hydrogen) atoms. The van der Waals surface area contributed by atoms with Gasteiger partial charge in [-0.3, -0.25) is 4.98 Å². The average Bonchev–Trinajstić information content (AvgIpc) is 2.79. The van der Waals surface area contributed by atoms with Crippen LogP contribution in [0.15, 0.2) is 41.6 Å². The molecule has 0 aliphatic carbocycles. The highest BCUT2D eigenvalue weighted by Gasteiger charge is 2.29. The van der Waals surface area contributed by atoms with Gasteiger partial charge in [-0.2, -0.15) is 0 Å². The van der Waals surface area contributed by atoms with E-state index in [0.717, 1.165) is 16.9 Å². The number of hydrogen-bond acceptors (Lipinski definition) is 5. The van der Waals surface area contributed by atoms with Gasteiger partial charge in [0.15, 0.2) is 9.84 Å². The van der Waals surface area contributed by atoms with Crippen molar-refractivity contribution in [3.63, 3.8) is 0 Å². The number of fused-ring (bicyclic) bond motifs is 1. The molecule has 0 saturated carbocycles. The number of sulfone groups is 1. The predicted octanol–water partition coefficient (Wildman–Crippen LogP) is 1.75. The van der Waals surface area contributed by atoms with Crippen LogP contribution < -0.4 is 10.5 Å². The minimum absolute atomic E-state index is 0.0884. The number of hydrogen-bond donors (Lipinski definition) is 1. The van der Waals surface area contributed by atoms with E-state index in [-0.39, 0.29) is 22.4 Å². The standard InChI is InChI=1S/C15H16N2O3S/c1-10-2-3-14-11(6-10)7-12(20-14)9-21(18,19)15-4-5-17-8-13(15)16/h2-6,8,12H,7,9,16H2,1H3. The lowest BCUT2D eigenvalue weighted by atomic mass is 10.1. The summed E-state index contributed by atoms with van der Waals surface area (Å²) in [6.07, 6.45) is 3.00. The summed E-state index contributed by atoms with van der Waals surface area (Å²) in [5, 5.41) is 0. The van der Waals surface area contributed by atoms with Crippen LogP contribution in [0.3, 0.4) is 0 Å². The summed E-state index contributed by atoms with van der Waals surface area (Å²) in [5.74, 6) is 0.679. The molecule has 3 rings (SSSR count). The molecule has 6 heteroatoms. The first kappa shape index (κ1) is 13.9. The zero-order valence-corrected chi connectivity index (χ0v) is 12.4. The van der Waals surface area contributed by atoms with Gasteiger partial charge in [-0.25, -0.2) is 8.42 Å². The number of nitrogen functional groups attached to an aromatic ring is 1. The fourth-order valence-corrected chi connectivity index (χ4v) is 4.09. The first-order valence-electron chi connectivity index (χ1n) is 6.64. The van der Waals surface area contributed by atoms with E-state index in [1.807, 2.05) is 25.1 Å². The van der Waals surface area contributed by atoms with Crippen molar-refractivity contribution in [1.82, 2.24) is 4.98 Å². The van der Waals surface area contributed by atoms with Crippen molar-refractivity contribution >= 4 is 15.5 Å². The van der Waals surface area contributed by atoms with E-state index in [0.29, 0.717) is 6.42 Å². The Balaban J connectivity index is 1.81. The summed E-state index contributed by atoms with van der Waals surface area (Å²) in [6.45, 7) is 2.00. The van der Waals surface area contributed by atoms with E-state index in [1.54, 1.807) is 0 Å². The quantitative estimate of drug-likeness (QED) is 0.934. The Hall–Kier alpha value is -2.08. The van der Waals surface area contributed by atoms with Crippen molar-refractivity contribution < 1.29 is 13.2 Å². The SMILES string of the molecule is Cc1ccc2c(c1)CC(CS(=O)(=O)c1ccncc1N)O2. The molecule has 1 aliphatic rings. The predicted molar refractivity (Wildman–Crippen MR) is 80.0 cm³/mol. The molecule has 0 bridgehead atoms. The van der Waals surface area contributed by atoms with Crippen LogP contribution in [0.5, 0.6) is 5.75 Å². The third-order valence-corrected chi connectivity index (χ3v) is 5.36. The number of nitrogens with two attached hydrogens (primary N) is 1. The monoisotopic (exact) mass is 304 g/mol. The van der Waals surface area contributed by atoms with Gasteiger partial charge >= 0.3 is 0 Å². The smallest absolute Gasteiger partial charge is 0.184 e. The lowest BCUT2D eigenvalue weighted by Gasteiger charge is -2.12. The summed E-state index contributed by atoms with van der Waals surface area (Å²) in [6, 6.07) is 7.30. The number of pyridine rings is 1. The molecule has 1 aromatic carbocycles. The molecule has 0 fully saturated rings. The molecule has 0 spiro atoms. The molecule has 5 nitrogen and oxygen atoms in total. The van der Waals surface area contributed by atoms with Crippen molar-refractivity contribution in [3.8, 4) is 5.75 Å².